The van der Waals surface area contributed by atoms with Gasteiger partial charge in [-0.15, -0.1) is 0 Å². The van der Waals surface area contributed by atoms with E-state index >= 15 is 0 Å². The molecule has 0 aromatic heterocycles. The maximum absolute atomic E-state index is 11.8. The highest BCUT2D eigenvalue weighted by atomic mass is 16.4. The fraction of sp³-hybridized carbons (Fsp3) is 0.818. The predicted octanol–water partition coefficient (Wildman–Crippen LogP) is -1.08. The minimum absolute atomic E-state index is 0.0204. The van der Waals surface area contributed by atoms with Crippen LogP contribution in [0.1, 0.15) is 6.42 Å². The third-order valence-electron chi connectivity index (χ3n) is 3.61. The molecule has 2 heterocycles. The number of likely N-dealkylation sites (tertiary alicyclic amines) is 1. The Balaban J connectivity index is 1.83. The lowest BCUT2D eigenvalue weighted by Crippen LogP contribution is -2.53. The number of nitrogens with zero attached hydrogens (tertiary/aromatic N) is 3. The molecule has 0 radical (unpaired) electrons. The van der Waals surface area contributed by atoms with Gasteiger partial charge in [-0.25, -0.2) is 0 Å². The van der Waals surface area contributed by atoms with E-state index in [2.05, 4.69) is 4.90 Å². The van der Waals surface area contributed by atoms with Crippen LogP contribution in [0.25, 0.3) is 0 Å². The number of carbonyl (C=O) groups is 2. The maximum Gasteiger partial charge on any atom is 0.317 e. The third kappa shape index (κ3) is 2.76. The molecular formula is C11H19N3O3. The molecule has 0 spiro atoms. The average Bonchev–Trinajstić information content (AvgIpc) is 2.60. The lowest BCUT2D eigenvalue weighted by Gasteiger charge is -2.36. The van der Waals surface area contributed by atoms with Gasteiger partial charge < -0.3 is 10.0 Å². The van der Waals surface area contributed by atoms with Crippen molar-refractivity contribution in [3.63, 3.8) is 0 Å². The van der Waals surface area contributed by atoms with Crippen molar-refractivity contribution in [2.45, 2.75) is 12.5 Å². The molecule has 0 aromatic carbocycles. The van der Waals surface area contributed by atoms with Crippen LogP contribution in [0.3, 0.4) is 0 Å². The van der Waals surface area contributed by atoms with E-state index in [-0.39, 0.29) is 18.5 Å². The van der Waals surface area contributed by atoms with E-state index in [0.717, 1.165) is 39.1 Å². The highest BCUT2D eigenvalue weighted by Crippen LogP contribution is 2.17. The minimum atomic E-state index is -0.782. The summed E-state index contributed by atoms with van der Waals surface area (Å²) in [6.45, 7) is 3.99. The van der Waals surface area contributed by atoms with Crippen molar-refractivity contribution in [1.29, 1.82) is 0 Å². The highest BCUT2D eigenvalue weighted by Gasteiger charge is 2.35. The van der Waals surface area contributed by atoms with E-state index in [0.29, 0.717) is 0 Å². The number of rotatable bonds is 3. The van der Waals surface area contributed by atoms with Crippen LogP contribution in [0.15, 0.2) is 0 Å². The van der Waals surface area contributed by atoms with Crippen LogP contribution in [0, 0.1) is 0 Å². The van der Waals surface area contributed by atoms with Crippen molar-refractivity contribution in [1.82, 2.24) is 14.7 Å². The predicted molar refractivity (Wildman–Crippen MR) is 61.7 cm³/mol. The van der Waals surface area contributed by atoms with Crippen molar-refractivity contribution < 1.29 is 14.7 Å². The molecule has 2 aliphatic rings. The molecule has 0 aromatic rings. The SMILES string of the molecule is CN1CCC(N2CCN(CC(=O)O)CC2)C1=O. The van der Waals surface area contributed by atoms with Gasteiger partial charge in [-0.3, -0.25) is 19.4 Å². The first kappa shape index (κ1) is 12.3. The zero-order chi connectivity index (χ0) is 12.4. The normalized spacial score (nSPS) is 27.7. The van der Waals surface area contributed by atoms with Gasteiger partial charge in [-0.05, 0) is 6.42 Å². The summed E-state index contributed by atoms with van der Waals surface area (Å²) in [5.41, 5.74) is 0. The monoisotopic (exact) mass is 241 g/mol. The fourth-order valence-electron chi connectivity index (χ4n) is 2.57. The van der Waals surface area contributed by atoms with Crippen LogP contribution in [0.4, 0.5) is 0 Å². The Kier molecular flexibility index (Phi) is 3.63. The third-order valence-corrected chi connectivity index (χ3v) is 3.61. The molecule has 2 rings (SSSR count). The van der Waals surface area contributed by atoms with E-state index < -0.39 is 5.97 Å². The summed E-state index contributed by atoms with van der Waals surface area (Å²) in [5.74, 6) is -0.577. The fourth-order valence-corrected chi connectivity index (χ4v) is 2.57. The Morgan fingerprint density at radius 2 is 1.94 bits per heavy atom. The van der Waals surface area contributed by atoms with Gasteiger partial charge in [0, 0.05) is 39.8 Å². The average molecular weight is 241 g/mol. The second kappa shape index (κ2) is 5.01. The molecule has 17 heavy (non-hydrogen) atoms. The van der Waals surface area contributed by atoms with E-state index in [9.17, 15) is 9.59 Å². The number of carbonyl (C=O) groups excluding carboxylic acids is 1. The van der Waals surface area contributed by atoms with Crippen molar-refractivity contribution in [3.05, 3.63) is 0 Å². The summed E-state index contributed by atoms with van der Waals surface area (Å²) in [6, 6.07) is 0.0204. The van der Waals surface area contributed by atoms with Crippen molar-refractivity contribution >= 4 is 11.9 Å². The van der Waals surface area contributed by atoms with Crippen molar-refractivity contribution in [2.24, 2.45) is 0 Å². The summed E-state index contributed by atoms with van der Waals surface area (Å²) < 4.78 is 0. The van der Waals surface area contributed by atoms with E-state index in [1.165, 1.54) is 0 Å². The van der Waals surface area contributed by atoms with Crippen LogP contribution in [-0.4, -0.2) is 84.0 Å². The van der Waals surface area contributed by atoms with Crippen LogP contribution in [0.5, 0.6) is 0 Å². The smallest absolute Gasteiger partial charge is 0.317 e. The number of carboxylic acids is 1. The Morgan fingerprint density at radius 1 is 1.29 bits per heavy atom. The van der Waals surface area contributed by atoms with E-state index in [1.54, 1.807) is 4.90 Å². The Hall–Kier alpha value is -1.14. The molecule has 1 N–H and O–H groups in total. The molecule has 0 aliphatic carbocycles. The minimum Gasteiger partial charge on any atom is -0.480 e. The summed E-state index contributed by atoms with van der Waals surface area (Å²) in [5, 5.41) is 8.70. The summed E-state index contributed by atoms with van der Waals surface area (Å²) in [4.78, 5) is 28.3. The first-order valence-electron chi connectivity index (χ1n) is 6.01. The zero-order valence-electron chi connectivity index (χ0n) is 10.1. The highest BCUT2D eigenvalue weighted by molar-refractivity contribution is 5.83. The van der Waals surface area contributed by atoms with Crippen LogP contribution < -0.4 is 0 Å². The van der Waals surface area contributed by atoms with Crippen molar-refractivity contribution in [3.8, 4) is 0 Å². The largest absolute Gasteiger partial charge is 0.480 e. The molecular weight excluding hydrogens is 222 g/mol. The Morgan fingerprint density at radius 3 is 2.41 bits per heavy atom. The molecule has 2 fully saturated rings. The zero-order valence-corrected chi connectivity index (χ0v) is 10.1. The van der Waals surface area contributed by atoms with Crippen LogP contribution in [-0.2, 0) is 9.59 Å². The summed E-state index contributed by atoms with van der Waals surface area (Å²) >= 11 is 0. The molecule has 0 bridgehead atoms. The number of hydrogen-bond donors (Lipinski definition) is 1. The van der Waals surface area contributed by atoms with Crippen LogP contribution in [0.2, 0.25) is 0 Å². The molecule has 6 heteroatoms. The number of hydrogen-bond acceptors (Lipinski definition) is 4. The van der Waals surface area contributed by atoms with Crippen molar-refractivity contribution in [2.75, 3.05) is 46.3 Å². The first-order valence-corrected chi connectivity index (χ1v) is 6.01. The topological polar surface area (TPSA) is 64.1 Å². The van der Waals surface area contributed by atoms with Gasteiger partial charge >= 0.3 is 5.97 Å². The number of piperazine rings is 1. The standard InChI is InChI=1S/C11H19N3O3/c1-12-3-2-9(11(12)17)14-6-4-13(5-7-14)8-10(15)16/h9H,2-8H2,1H3,(H,15,16). The summed E-state index contributed by atoms with van der Waals surface area (Å²) in [6.07, 6.45) is 0.897. The molecule has 6 nitrogen and oxygen atoms in total. The number of carboxylic acid groups (broad SMARTS) is 1. The summed E-state index contributed by atoms with van der Waals surface area (Å²) in [7, 11) is 1.84. The van der Waals surface area contributed by atoms with Gasteiger partial charge in [-0.2, -0.15) is 0 Å². The maximum atomic E-state index is 11.8. The first-order chi connectivity index (χ1) is 8.08. The van der Waals surface area contributed by atoms with E-state index in [1.807, 2.05) is 11.9 Å². The molecule has 2 aliphatic heterocycles. The lowest BCUT2D eigenvalue weighted by atomic mass is 10.2. The van der Waals surface area contributed by atoms with Gasteiger partial charge in [0.25, 0.3) is 0 Å². The molecule has 1 unspecified atom stereocenters. The lowest BCUT2D eigenvalue weighted by molar-refractivity contribution is -0.139. The number of likely N-dealkylation sites (N-methyl/N-ethyl adjacent to an activating group) is 1. The quantitative estimate of drug-likeness (QED) is 0.681. The second-order valence-electron chi connectivity index (χ2n) is 4.77. The van der Waals surface area contributed by atoms with Gasteiger partial charge in [-0.1, -0.05) is 0 Å². The molecule has 0 saturated carbocycles. The Labute approximate surface area is 101 Å². The van der Waals surface area contributed by atoms with Gasteiger partial charge in [0.05, 0.1) is 12.6 Å². The second-order valence-corrected chi connectivity index (χ2v) is 4.77. The number of amides is 1. The molecule has 1 atom stereocenters. The van der Waals surface area contributed by atoms with Crippen LogP contribution >= 0.6 is 0 Å². The molecule has 1 amide bonds. The Bertz CT molecular complexity index is 313. The number of aliphatic carboxylic acids is 1. The molecule has 2 saturated heterocycles. The van der Waals surface area contributed by atoms with Gasteiger partial charge in [0.1, 0.15) is 0 Å². The van der Waals surface area contributed by atoms with Gasteiger partial charge in [0.2, 0.25) is 5.91 Å². The molecule has 96 valence electrons. The van der Waals surface area contributed by atoms with E-state index in [4.69, 9.17) is 5.11 Å². The van der Waals surface area contributed by atoms with Gasteiger partial charge in [0.15, 0.2) is 0 Å².